The van der Waals surface area contributed by atoms with Crippen molar-refractivity contribution in [2.24, 2.45) is 0 Å². The van der Waals surface area contributed by atoms with Gasteiger partial charge >= 0.3 is 0 Å². The Balaban J connectivity index is 2.11. The fourth-order valence-electron chi connectivity index (χ4n) is 2.46. The molecule has 8 nitrogen and oxygen atoms in total. The maximum atomic E-state index is 11.8. The number of fused-ring (bicyclic) bond motifs is 1. The van der Waals surface area contributed by atoms with Crippen LogP contribution in [0.15, 0.2) is 0 Å². The number of aryl methyl sites for hydroxylation is 3. The fourth-order valence-corrected chi connectivity index (χ4v) is 2.46. The van der Waals surface area contributed by atoms with Crippen molar-refractivity contribution in [2.45, 2.75) is 40.2 Å². The molecule has 0 aliphatic carbocycles. The number of carbonyl (C=O) groups excluding carboxylic acids is 1. The zero-order chi connectivity index (χ0) is 17.5. The number of hydrogen-bond donors (Lipinski definition) is 2. The summed E-state index contributed by atoms with van der Waals surface area (Å²) < 4.78 is 6.80. The van der Waals surface area contributed by atoms with E-state index in [0.717, 1.165) is 41.3 Å². The molecule has 1 amide bonds. The molecule has 24 heavy (non-hydrogen) atoms. The highest BCUT2D eigenvalue weighted by atomic mass is 16.5. The van der Waals surface area contributed by atoms with Crippen LogP contribution in [0.2, 0.25) is 0 Å². The molecule has 0 aliphatic rings. The third-order valence-corrected chi connectivity index (χ3v) is 3.69. The van der Waals surface area contributed by atoms with Crippen LogP contribution in [-0.4, -0.2) is 52.5 Å². The zero-order valence-electron chi connectivity index (χ0n) is 14.8. The Morgan fingerprint density at radius 3 is 2.71 bits per heavy atom. The molecule has 0 aromatic carbocycles. The van der Waals surface area contributed by atoms with Crippen molar-refractivity contribution in [3.63, 3.8) is 0 Å². The molecule has 8 heteroatoms. The molecule has 0 fully saturated rings. The Morgan fingerprint density at radius 1 is 1.25 bits per heavy atom. The molecule has 2 heterocycles. The number of anilines is 1. The molecule has 0 aliphatic heterocycles. The number of hydrogen-bond acceptors (Lipinski definition) is 6. The first-order chi connectivity index (χ1) is 11.6. The molecule has 132 valence electrons. The molecule has 0 saturated heterocycles. The summed E-state index contributed by atoms with van der Waals surface area (Å²) >= 11 is 0. The standard InChI is InChI=1S/C16H26N6O2/c1-5-12-19-14-11(3)21-22(6-2)15(14)16(20-12)18-8-7-13(23)17-9-10-24-4/h5-10H2,1-4H3,(H,17,23)(H,18,19,20). The molecule has 2 rings (SSSR count). The number of carbonyl (C=O) groups is 1. The van der Waals surface area contributed by atoms with Gasteiger partial charge in [-0.1, -0.05) is 6.92 Å². The minimum absolute atomic E-state index is 0.0132. The van der Waals surface area contributed by atoms with E-state index in [9.17, 15) is 4.79 Å². The van der Waals surface area contributed by atoms with Gasteiger partial charge in [-0.15, -0.1) is 0 Å². The largest absolute Gasteiger partial charge is 0.383 e. The summed E-state index contributed by atoms with van der Waals surface area (Å²) in [5.74, 6) is 1.50. The van der Waals surface area contributed by atoms with Gasteiger partial charge in [0.05, 0.1) is 12.3 Å². The van der Waals surface area contributed by atoms with Crippen LogP contribution >= 0.6 is 0 Å². The molecule has 2 N–H and O–H groups in total. The van der Waals surface area contributed by atoms with Crippen LogP contribution in [0.25, 0.3) is 11.0 Å². The van der Waals surface area contributed by atoms with Crippen LogP contribution < -0.4 is 10.6 Å². The quantitative estimate of drug-likeness (QED) is 0.671. The lowest BCUT2D eigenvalue weighted by molar-refractivity contribution is -0.121. The highest BCUT2D eigenvalue weighted by molar-refractivity contribution is 5.87. The number of amides is 1. The lowest BCUT2D eigenvalue weighted by atomic mass is 10.3. The topological polar surface area (TPSA) is 94.0 Å². The van der Waals surface area contributed by atoms with E-state index >= 15 is 0 Å². The van der Waals surface area contributed by atoms with Gasteiger partial charge in [-0.3, -0.25) is 9.48 Å². The van der Waals surface area contributed by atoms with E-state index in [2.05, 4.69) is 25.7 Å². The summed E-state index contributed by atoms with van der Waals surface area (Å²) in [4.78, 5) is 20.9. The van der Waals surface area contributed by atoms with Gasteiger partial charge in [-0.05, 0) is 13.8 Å². The Kier molecular flexibility index (Phi) is 6.48. The second kappa shape index (κ2) is 8.58. The minimum Gasteiger partial charge on any atom is -0.383 e. The first kappa shape index (κ1) is 18.1. The predicted molar refractivity (Wildman–Crippen MR) is 93.1 cm³/mol. The molecule has 0 saturated carbocycles. The van der Waals surface area contributed by atoms with Crippen molar-refractivity contribution in [1.82, 2.24) is 25.1 Å². The zero-order valence-corrected chi connectivity index (χ0v) is 14.8. The first-order valence-corrected chi connectivity index (χ1v) is 8.34. The van der Waals surface area contributed by atoms with Gasteiger partial charge in [0.25, 0.3) is 0 Å². The van der Waals surface area contributed by atoms with E-state index in [-0.39, 0.29) is 5.91 Å². The van der Waals surface area contributed by atoms with Gasteiger partial charge in [-0.2, -0.15) is 5.10 Å². The van der Waals surface area contributed by atoms with Gasteiger partial charge in [0.1, 0.15) is 16.9 Å². The van der Waals surface area contributed by atoms with Gasteiger partial charge in [0, 0.05) is 39.6 Å². The summed E-state index contributed by atoms with van der Waals surface area (Å²) in [6, 6.07) is 0. The van der Waals surface area contributed by atoms with Gasteiger partial charge in [-0.25, -0.2) is 9.97 Å². The number of aromatic nitrogens is 4. The highest BCUT2D eigenvalue weighted by Crippen LogP contribution is 2.23. The van der Waals surface area contributed by atoms with Crippen molar-refractivity contribution in [1.29, 1.82) is 0 Å². The maximum absolute atomic E-state index is 11.8. The second-order valence-corrected chi connectivity index (χ2v) is 5.46. The lowest BCUT2D eigenvalue weighted by Gasteiger charge is -2.10. The van der Waals surface area contributed by atoms with Gasteiger partial charge < -0.3 is 15.4 Å². The van der Waals surface area contributed by atoms with Crippen LogP contribution in [0.3, 0.4) is 0 Å². The van der Waals surface area contributed by atoms with Crippen molar-refractivity contribution in [3.8, 4) is 0 Å². The lowest BCUT2D eigenvalue weighted by Crippen LogP contribution is -2.28. The van der Waals surface area contributed by atoms with Crippen LogP contribution in [0.1, 0.15) is 31.8 Å². The normalized spacial score (nSPS) is 11.0. The fraction of sp³-hybridized carbons (Fsp3) is 0.625. The van der Waals surface area contributed by atoms with E-state index in [4.69, 9.17) is 4.74 Å². The van der Waals surface area contributed by atoms with Crippen LogP contribution in [0.4, 0.5) is 5.82 Å². The Morgan fingerprint density at radius 2 is 2.04 bits per heavy atom. The number of nitrogens with zero attached hydrogens (tertiary/aromatic N) is 4. The van der Waals surface area contributed by atoms with E-state index in [1.54, 1.807) is 7.11 Å². The minimum atomic E-state index is -0.0132. The van der Waals surface area contributed by atoms with Crippen LogP contribution in [-0.2, 0) is 22.5 Å². The number of nitrogens with one attached hydrogen (secondary N) is 2. The highest BCUT2D eigenvalue weighted by Gasteiger charge is 2.15. The Bertz CT molecular complexity index is 697. The molecular formula is C16H26N6O2. The molecule has 0 bridgehead atoms. The molecule has 2 aromatic heterocycles. The summed E-state index contributed by atoms with van der Waals surface area (Å²) in [6.45, 7) is 8.29. The smallest absolute Gasteiger partial charge is 0.221 e. The van der Waals surface area contributed by atoms with E-state index in [1.165, 1.54) is 0 Å². The predicted octanol–water partition coefficient (Wildman–Crippen LogP) is 1.28. The summed E-state index contributed by atoms with van der Waals surface area (Å²) in [5.41, 5.74) is 2.66. The third kappa shape index (κ3) is 4.19. The van der Waals surface area contributed by atoms with Crippen molar-refractivity contribution in [3.05, 3.63) is 11.5 Å². The molecule has 0 atom stereocenters. The molecule has 2 aromatic rings. The molecule has 0 radical (unpaired) electrons. The second-order valence-electron chi connectivity index (χ2n) is 5.46. The SMILES string of the molecule is CCc1nc(NCCC(=O)NCCOC)c2c(n1)c(C)nn2CC. The third-order valence-electron chi connectivity index (χ3n) is 3.69. The van der Waals surface area contributed by atoms with E-state index in [0.29, 0.717) is 26.1 Å². The van der Waals surface area contributed by atoms with Gasteiger partial charge in [0.15, 0.2) is 5.82 Å². The average molecular weight is 334 g/mol. The Hall–Kier alpha value is -2.22. The Labute approximate surface area is 142 Å². The molecule has 0 unspecified atom stereocenters. The van der Waals surface area contributed by atoms with E-state index < -0.39 is 0 Å². The summed E-state index contributed by atoms with van der Waals surface area (Å²) in [6.07, 6.45) is 1.12. The van der Waals surface area contributed by atoms with Crippen LogP contribution in [0.5, 0.6) is 0 Å². The van der Waals surface area contributed by atoms with E-state index in [1.807, 2.05) is 25.5 Å². The average Bonchev–Trinajstić information content (AvgIpc) is 2.91. The monoisotopic (exact) mass is 334 g/mol. The summed E-state index contributed by atoms with van der Waals surface area (Å²) in [7, 11) is 1.61. The van der Waals surface area contributed by atoms with Crippen molar-refractivity contribution in [2.75, 3.05) is 32.1 Å². The number of ether oxygens (including phenoxy) is 1. The van der Waals surface area contributed by atoms with Gasteiger partial charge in [0.2, 0.25) is 5.91 Å². The molecule has 0 spiro atoms. The van der Waals surface area contributed by atoms with Crippen molar-refractivity contribution < 1.29 is 9.53 Å². The van der Waals surface area contributed by atoms with Crippen molar-refractivity contribution >= 4 is 22.8 Å². The maximum Gasteiger partial charge on any atom is 0.221 e. The number of methoxy groups -OCH3 is 1. The van der Waals surface area contributed by atoms with Crippen LogP contribution in [0, 0.1) is 6.92 Å². The molecular weight excluding hydrogens is 308 g/mol. The number of rotatable bonds is 9. The summed E-state index contributed by atoms with van der Waals surface area (Å²) in [5, 5.41) is 10.6. The first-order valence-electron chi connectivity index (χ1n) is 8.34.